The van der Waals surface area contributed by atoms with Crippen molar-refractivity contribution in [1.29, 1.82) is 0 Å². The number of aliphatic hydroxyl groups is 1. The molecule has 108 valence electrons. The minimum Gasteiger partial charge on any atom is -0.392 e. The lowest BCUT2D eigenvalue weighted by Crippen LogP contribution is -2.09. The van der Waals surface area contributed by atoms with E-state index in [1.165, 1.54) is 0 Å². The van der Waals surface area contributed by atoms with Gasteiger partial charge in [0.1, 0.15) is 0 Å². The molecule has 0 aliphatic rings. The van der Waals surface area contributed by atoms with Gasteiger partial charge in [-0.05, 0) is 41.0 Å². The van der Waals surface area contributed by atoms with E-state index in [2.05, 4.69) is 10.2 Å². The van der Waals surface area contributed by atoms with Crippen molar-refractivity contribution in [3.8, 4) is 11.1 Å². The van der Waals surface area contributed by atoms with E-state index in [1.54, 1.807) is 4.40 Å². The second kappa shape index (κ2) is 4.82. The van der Waals surface area contributed by atoms with Gasteiger partial charge in [-0.25, -0.2) is 14.3 Å². The van der Waals surface area contributed by atoms with Crippen LogP contribution in [0.5, 0.6) is 0 Å². The van der Waals surface area contributed by atoms with Crippen molar-refractivity contribution >= 4 is 16.6 Å². The monoisotopic (exact) mass is 291 g/mol. The summed E-state index contributed by atoms with van der Waals surface area (Å²) in [6.45, 7) is 0.00401. The molecule has 5 heteroatoms. The molecule has 0 saturated heterocycles. The highest BCUT2D eigenvalue weighted by atomic mass is 16.3. The summed E-state index contributed by atoms with van der Waals surface area (Å²) in [5.41, 5.74) is 4.04. The Bertz CT molecular complexity index is 1050. The van der Waals surface area contributed by atoms with Crippen LogP contribution in [-0.2, 0) is 6.61 Å². The average Bonchev–Trinajstić information content (AvgIpc) is 2.96. The third-order valence-electron chi connectivity index (χ3n) is 3.84. The maximum absolute atomic E-state index is 12.0. The van der Waals surface area contributed by atoms with Gasteiger partial charge in [-0.1, -0.05) is 30.3 Å². The molecule has 5 nitrogen and oxygen atoms in total. The maximum atomic E-state index is 12.0. The summed E-state index contributed by atoms with van der Waals surface area (Å²) in [5.74, 6) is 0. The molecule has 0 fully saturated rings. The minimum absolute atomic E-state index is 0.00401. The summed E-state index contributed by atoms with van der Waals surface area (Å²) in [7, 11) is 0. The Morgan fingerprint density at radius 1 is 1.09 bits per heavy atom. The number of rotatable bonds is 2. The number of benzene rings is 2. The highest BCUT2D eigenvalue weighted by molar-refractivity contribution is 5.96. The standard InChI is InChI=1S/C17H13N3O2/c21-10-11-3-1-4-12(9-11)13-5-2-6-15-14(13)7-8-16-18-19-17(22)20(15)16/h1-9,21H,10H2,(H,19,22). The van der Waals surface area contributed by atoms with Crippen LogP contribution in [0.4, 0.5) is 0 Å². The van der Waals surface area contributed by atoms with E-state index in [1.807, 2.05) is 54.6 Å². The Balaban J connectivity index is 2.08. The van der Waals surface area contributed by atoms with Crippen LogP contribution < -0.4 is 5.69 Å². The average molecular weight is 291 g/mol. The summed E-state index contributed by atoms with van der Waals surface area (Å²) in [6, 6.07) is 17.4. The van der Waals surface area contributed by atoms with Crippen LogP contribution in [0.2, 0.25) is 0 Å². The Labute approximate surface area is 125 Å². The molecule has 0 amide bonds. The van der Waals surface area contributed by atoms with Gasteiger partial charge in [0.15, 0.2) is 5.65 Å². The van der Waals surface area contributed by atoms with E-state index in [4.69, 9.17) is 0 Å². The lowest BCUT2D eigenvalue weighted by Gasteiger charge is -2.09. The molecule has 4 aromatic rings. The second-order valence-electron chi connectivity index (χ2n) is 5.15. The SMILES string of the molecule is O=c1[nH]nc2ccc3c(-c4cccc(CO)c4)cccc3n12. The van der Waals surface area contributed by atoms with Crippen LogP contribution in [0, 0.1) is 0 Å². The first-order chi connectivity index (χ1) is 10.8. The molecule has 4 rings (SSSR count). The van der Waals surface area contributed by atoms with Crippen molar-refractivity contribution < 1.29 is 5.11 Å². The second-order valence-corrected chi connectivity index (χ2v) is 5.15. The lowest BCUT2D eigenvalue weighted by molar-refractivity contribution is 0.282. The molecule has 2 heterocycles. The third kappa shape index (κ3) is 1.83. The van der Waals surface area contributed by atoms with Gasteiger partial charge in [0.2, 0.25) is 0 Å². The molecule has 0 spiro atoms. The van der Waals surface area contributed by atoms with Gasteiger partial charge in [0, 0.05) is 5.39 Å². The number of aromatic amines is 1. The van der Waals surface area contributed by atoms with Crippen molar-refractivity contribution in [2.24, 2.45) is 0 Å². The molecule has 0 bridgehead atoms. The van der Waals surface area contributed by atoms with Crippen molar-refractivity contribution in [2.45, 2.75) is 6.61 Å². The zero-order valence-electron chi connectivity index (χ0n) is 11.7. The largest absolute Gasteiger partial charge is 0.392 e. The van der Waals surface area contributed by atoms with Gasteiger partial charge in [0.05, 0.1) is 12.1 Å². The molecule has 0 saturated carbocycles. The van der Waals surface area contributed by atoms with Crippen molar-refractivity contribution in [3.05, 3.63) is 70.6 Å². The van der Waals surface area contributed by atoms with Gasteiger partial charge in [0.25, 0.3) is 0 Å². The molecular formula is C17H13N3O2. The fourth-order valence-corrected chi connectivity index (χ4v) is 2.82. The third-order valence-corrected chi connectivity index (χ3v) is 3.84. The number of aromatic nitrogens is 3. The van der Waals surface area contributed by atoms with Crippen LogP contribution >= 0.6 is 0 Å². The number of nitrogens with one attached hydrogen (secondary N) is 1. The molecule has 0 atom stereocenters. The molecule has 0 aliphatic carbocycles. The summed E-state index contributed by atoms with van der Waals surface area (Å²) in [6.07, 6.45) is 0. The zero-order chi connectivity index (χ0) is 15.1. The first-order valence-corrected chi connectivity index (χ1v) is 6.97. The number of nitrogens with zero attached hydrogens (tertiary/aromatic N) is 2. The van der Waals surface area contributed by atoms with Crippen LogP contribution in [0.25, 0.3) is 27.7 Å². The maximum Gasteiger partial charge on any atom is 0.348 e. The van der Waals surface area contributed by atoms with E-state index < -0.39 is 0 Å². The first kappa shape index (κ1) is 12.8. The summed E-state index contributed by atoms with van der Waals surface area (Å²) < 4.78 is 1.56. The molecule has 2 N–H and O–H groups in total. The molecule has 22 heavy (non-hydrogen) atoms. The molecule has 2 aromatic heterocycles. The van der Waals surface area contributed by atoms with E-state index in [-0.39, 0.29) is 12.3 Å². The number of H-pyrrole nitrogens is 1. The van der Waals surface area contributed by atoms with E-state index in [0.717, 1.165) is 27.6 Å². The van der Waals surface area contributed by atoms with Gasteiger partial charge in [-0.2, -0.15) is 5.10 Å². The molecule has 0 aliphatic heterocycles. The minimum atomic E-state index is -0.248. The molecule has 0 unspecified atom stereocenters. The van der Waals surface area contributed by atoms with Crippen LogP contribution in [0.1, 0.15) is 5.56 Å². The van der Waals surface area contributed by atoms with Crippen LogP contribution in [0.15, 0.2) is 59.4 Å². The van der Waals surface area contributed by atoms with Crippen molar-refractivity contribution in [2.75, 3.05) is 0 Å². The van der Waals surface area contributed by atoms with E-state index in [0.29, 0.717) is 5.65 Å². The normalized spacial score (nSPS) is 11.3. The van der Waals surface area contributed by atoms with Gasteiger partial charge in [-0.3, -0.25) is 0 Å². The fourth-order valence-electron chi connectivity index (χ4n) is 2.82. The lowest BCUT2D eigenvalue weighted by atomic mass is 9.99. The van der Waals surface area contributed by atoms with Gasteiger partial charge < -0.3 is 5.11 Å². The predicted molar refractivity (Wildman–Crippen MR) is 84.7 cm³/mol. The number of aliphatic hydroxyl groups excluding tert-OH is 1. The number of fused-ring (bicyclic) bond motifs is 3. The Morgan fingerprint density at radius 2 is 1.95 bits per heavy atom. The Morgan fingerprint density at radius 3 is 2.82 bits per heavy atom. The quantitative estimate of drug-likeness (QED) is 0.595. The van der Waals surface area contributed by atoms with E-state index >= 15 is 0 Å². The fraction of sp³-hybridized carbons (Fsp3) is 0.0588. The van der Waals surface area contributed by atoms with Crippen molar-refractivity contribution in [3.63, 3.8) is 0 Å². The van der Waals surface area contributed by atoms with Gasteiger partial charge in [-0.15, -0.1) is 0 Å². The van der Waals surface area contributed by atoms with Gasteiger partial charge >= 0.3 is 5.69 Å². The summed E-state index contributed by atoms with van der Waals surface area (Å²) in [4.78, 5) is 12.0. The molecular weight excluding hydrogens is 278 g/mol. The topological polar surface area (TPSA) is 70.4 Å². The Kier molecular flexibility index (Phi) is 2.80. The summed E-state index contributed by atoms with van der Waals surface area (Å²) >= 11 is 0. The highest BCUT2D eigenvalue weighted by Crippen LogP contribution is 2.29. The highest BCUT2D eigenvalue weighted by Gasteiger charge is 2.09. The summed E-state index contributed by atoms with van der Waals surface area (Å²) in [5, 5.41) is 16.7. The van der Waals surface area contributed by atoms with E-state index in [9.17, 15) is 9.90 Å². The molecule has 0 radical (unpaired) electrons. The van der Waals surface area contributed by atoms with Crippen LogP contribution in [0.3, 0.4) is 0 Å². The number of hydrogen-bond acceptors (Lipinski definition) is 3. The van der Waals surface area contributed by atoms with Crippen molar-refractivity contribution in [1.82, 2.24) is 14.6 Å². The van der Waals surface area contributed by atoms with Crippen LogP contribution in [-0.4, -0.2) is 19.7 Å². The molecule has 2 aromatic carbocycles. The first-order valence-electron chi connectivity index (χ1n) is 6.97. The Hall–Kier alpha value is -2.92. The number of hydrogen-bond donors (Lipinski definition) is 2. The smallest absolute Gasteiger partial charge is 0.348 e. The predicted octanol–water partition coefficient (Wildman–Crippen LogP) is 2.34. The number of pyridine rings is 1. The zero-order valence-corrected chi connectivity index (χ0v) is 11.7.